The van der Waals surface area contributed by atoms with Crippen LogP contribution < -0.4 is 5.32 Å². The van der Waals surface area contributed by atoms with Crippen LogP contribution >= 0.6 is 0 Å². The summed E-state index contributed by atoms with van der Waals surface area (Å²) in [6.45, 7) is 0.842. The number of nitrogens with one attached hydrogen (secondary N) is 1. The zero-order valence-corrected chi connectivity index (χ0v) is 12.4. The third kappa shape index (κ3) is 4.00. The Balaban J connectivity index is 1.53. The van der Waals surface area contributed by atoms with Crippen molar-refractivity contribution in [3.05, 3.63) is 77.9 Å². The summed E-state index contributed by atoms with van der Waals surface area (Å²) in [4.78, 5) is 1.56. The third-order valence-corrected chi connectivity index (χ3v) is 3.43. The Morgan fingerprint density at radius 1 is 1.09 bits per heavy atom. The second-order valence-corrected chi connectivity index (χ2v) is 5.16. The van der Waals surface area contributed by atoms with Crippen molar-refractivity contribution >= 4 is 0 Å². The average molecular weight is 312 g/mol. The van der Waals surface area contributed by atoms with Crippen molar-refractivity contribution < 1.29 is 9.50 Å². The minimum absolute atomic E-state index is 0.313. The molecule has 3 aromatic rings. The maximum absolute atomic E-state index is 12.9. The fourth-order valence-corrected chi connectivity index (χ4v) is 2.20. The molecule has 2 N–H and O–H groups in total. The van der Waals surface area contributed by atoms with E-state index in [0.29, 0.717) is 18.7 Å². The van der Waals surface area contributed by atoms with Gasteiger partial charge in [0.15, 0.2) is 0 Å². The molecule has 0 spiro atoms. The molecule has 5 nitrogen and oxygen atoms in total. The molecule has 1 aromatic heterocycles. The standard InChI is InChI=1S/C17H17FN4O/c18-14-8-6-13(7-9-14)17(23)12-19-10-15-11-20-22(21-15)16-4-2-1-3-5-16/h1-9,11,17,19,23H,10,12H2. The fraction of sp³-hybridized carbons (Fsp3) is 0.176. The lowest BCUT2D eigenvalue weighted by Crippen LogP contribution is -2.21. The molecule has 0 saturated heterocycles. The number of hydrogen-bond donors (Lipinski definition) is 2. The minimum Gasteiger partial charge on any atom is -0.387 e. The van der Waals surface area contributed by atoms with Crippen LogP contribution in [0, 0.1) is 5.82 Å². The second-order valence-electron chi connectivity index (χ2n) is 5.16. The van der Waals surface area contributed by atoms with E-state index in [2.05, 4.69) is 15.5 Å². The van der Waals surface area contributed by atoms with E-state index < -0.39 is 6.10 Å². The van der Waals surface area contributed by atoms with E-state index in [0.717, 1.165) is 11.4 Å². The molecule has 0 amide bonds. The summed E-state index contributed by atoms with van der Waals surface area (Å²) in [6.07, 6.45) is 0.990. The van der Waals surface area contributed by atoms with Crippen molar-refractivity contribution in [2.45, 2.75) is 12.6 Å². The molecular formula is C17H17FN4O. The second kappa shape index (κ2) is 7.13. The molecule has 6 heteroatoms. The number of hydrogen-bond acceptors (Lipinski definition) is 4. The van der Waals surface area contributed by atoms with Gasteiger partial charge in [0.05, 0.1) is 23.7 Å². The Morgan fingerprint density at radius 3 is 2.57 bits per heavy atom. The predicted molar refractivity (Wildman–Crippen MR) is 84.4 cm³/mol. The Morgan fingerprint density at radius 2 is 1.83 bits per heavy atom. The van der Waals surface area contributed by atoms with Gasteiger partial charge in [-0.15, -0.1) is 0 Å². The number of aliphatic hydroxyl groups excluding tert-OH is 1. The summed E-state index contributed by atoms with van der Waals surface area (Å²) in [7, 11) is 0. The molecule has 3 rings (SSSR count). The number of aromatic nitrogens is 3. The van der Waals surface area contributed by atoms with Gasteiger partial charge in [-0.1, -0.05) is 30.3 Å². The van der Waals surface area contributed by atoms with Crippen LogP contribution in [0.2, 0.25) is 0 Å². The smallest absolute Gasteiger partial charge is 0.123 e. The minimum atomic E-state index is -0.695. The molecule has 0 aliphatic carbocycles. The van der Waals surface area contributed by atoms with E-state index >= 15 is 0 Å². The number of para-hydroxylation sites is 1. The van der Waals surface area contributed by atoms with E-state index in [1.165, 1.54) is 12.1 Å². The Hall–Kier alpha value is -2.57. The first-order chi connectivity index (χ1) is 11.2. The number of halogens is 1. The lowest BCUT2D eigenvalue weighted by Gasteiger charge is -2.11. The van der Waals surface area contributed by atoms with Gasteiger partial charge in [-0.25, -0.2) is 4.39 Å². The molecule has 118 valence electrons. The molecule has 2 aromatic carbocycles. The highest BCUT2D eigenvalue weighted by Crippen LogP contribution is 2.12. The highest BCUT2D eigenvalue weighted by molar-refractivity contribution is 5.28. The first kappa shape index (κ1) is 15.3. The predicted octanol–water partition coefficient (Wildman–Crippen LogP) is 2.23. The zero-order valence-electron chi connectivity index (χ0n) is 12.4. The molecule has 0 saturated carbocycles. The van der Waals surface area contributed by atoms with Crippen molar-refractivity contribution in [1.82, 2.24) is 20.3 Å². The van der Waals surface area contributed by atoms with Gasteiger partial charge in [-0.05, 0) is 29.8 Å². The summed E-state index contributed by atoms with van der Waals surface area (Å²) in [5.74, 6) is -0.313. The number of benzene rings is 2. The van der Waals surface area contributed by atoms with Crippen molar-refractivity contribution in [1.29, 1.82) is 0 Å². The van der Waals surface area contributed by atoms with E-state index in [1.54, 1.807) is 23.1 Å². The summed E-state index contributed by atoms with van der Waals surface area (Å²) in [5, 5.41) is 21.8. The molecule has 0 bridgehead atoms. The van der Waals surface area contributed by atoms with E-state index in [-0.39, 0.29) is 5.82 Å². The number of rotatable bonds is 6. The number of aliphatic hydroxyl groups is 1. The van der Waals surface area contributed by atoms with Gasteiger partial charge >= 0.3 is 0 Å². The molecule has 0 aliphatic rings. The highest BCUT2D eigenvalue weighted by atomic mass is 19.1. The summed E-state index contributed by atoms with van der Waals surface area (Å²) < 4.78 is 12.9. The van der Waals surface area contributed by atoms with E-state index in [9.17, 15) is 9.50 Å². The van der Waals surface area contributed by atoms with Crippen LogP contribution in [-0.4, -0.2) is 26.6 Å². The SMILES string of the molecule is OC(CNCc1cnn(-c2ccccc2)n1)c1ccc(F)cc1. The van der Waals surface area contributed by atoms with Crippen LogP contribution in [0.4, 0.5) is 4.39 Å². The lowest BCUT2D eigenvalue weighted by molar-refractivity contribution is 0.174. The quantitative estimate of drug-likeness (QED) is 0.733. The third-order valence-electron chi connectivity index (χ3n) is 3.43. The summed E-state index contributed by atoms with van der Waals surface area (Å²) in [6, 6.07) is 15.5. The van der Waals surface area contributed by atoms with Crippen molar-refractivity contribution in [3.8, 4) is 5.69 Å². The van der Waals surface area contributed by atoms with Crippen LogP contribution in [0.25, 0.3) is 5.69 Å². The summed E-state index contributed by atoms with van der Waals surface area (Å²) >= 11 is 0. The van der Waals surface area contributed by atoms with Gasteiger partial charge in [0.25, 0.3) is 0 Å². The van der Waals surface area contributed by atoms with Gasteiger partial charge < -0.3 is 10.4 Å². The molecule has 1 heterocycles. The van der Waals surface area contributed by atoms with Crippen LogP contribution in [0.5, 0.6) is 0 Å². The maximum atomic E-state index is 12.9. The van der Waals surface area contributed by atoms with Crippen LogP contribution in [-0.2, 0) is 6.54 Å². The van der Waals surface area contributed by atoms with E-state index in [1.807, 2.05) is 30.3 Å². The monoisotopic (exact) mass is 312 g/mol. The van der Waals surface area contributed by atoms with Crippen LogP contribution in [0.15, 0.2) is 60.8 Å². The van der Waals surface area contributed by atoms with Gasteiger partial charge in [-0.2, -0.15) is 15.0 Å². The molecule has 0 radical (unpaired) electrons. The topological polar surface area (TPSA) is 63.0 Å². The Bertz CT molecular complexity index is 743. The van der Waals surface area contributed by atoms with Gasteiger partial charge in [0.2, 0.25) is 0 Å². The largest absolute Gasteiger partial charge is 0.387 e. The molecule has 1 atom stereocenters. The van der Waals surface area contributed by atoms with Crippen molar-refractivity contribution in [2.75, 3.05) is 6.54 Å². The van der Waals surface area contributed by atoms with E-state index in [4.69, 9.17) is 0 Å². The first-order valence-electron chi connectivity index (χ1n) is 7.33. The Labute approximate surface area is 133 Å². The Kier molecular flexibility index (Phi) is 4.75. The van der Waals surface area contributed by atoms with Crippen molar-refractivity contribution in [3.63, 3.8) is 0 Å². The van der Waals surface area contributed by atoms with Crippen LogP contribution in [0.1, 0.15) is 17.4 Å². The molecule has 0 aliphatic heterocycles. The lowest BCUT2D eigenvalue weighted by atomic mass is 10.1. The van der Waals surface area contributed by atoms with Gasteiger partial charge in [0, 0.05) is 13.1 Å². The maximum Gasteiger partial charge on any atom is 0.123 e. The van der Waals surface area contributed by atoms with Gasteiger partial charge in [0.1, 0.15) is 5.82 Å². The zero-order chi connectivity index (χ0) is 16.1. The summed E-state index contributed by atoms with van der Waals surface area (Å²) in [5.41, 5.74) is 2.34. The normalized spacial score (nSPS) is 12.3. The molecular weight excluding hydrogens is 295 g/mol. The molecule has 23 heavy (non-hydrogen) atoms. The first-order valence-corrected chi connectivity index (χ1v) is 7.33. The number of nitrogens with zero attached hydrogens (tertiary/aromatic N) is 3. The van der Waals surface area contributed by atoms with Gasteiger partial charge in [-0.3, -0.25) is 0 Å². The van der Waals surface area contributed by atoms with Crippen LogP contribution in [0.3, 0.4) is 0 Å². The molecule has 0 fully saturated rings. The highest BCUT2D eigenvalue weighted by Gasteiger charge is 2.08. The average Bonchev–Trinajstić information content (AvgIpc) is 3.05. The molecule has 1 unspecified atom stereocenters. The fourth-order valence-electron chi connectivity index (χ4n) is 2.20. The van der Waals surface area contributed by atoms with Crippen molar-refractivity contribution in [2.24, 2.45) is 0 Å².